The summed E-state index contributed by atoms with van der Waals surface area (Å²) in [5, 5.41) is 0. The SMILES string of the molecule is Cc1ccccc1S(OS(=O)(=O)C(F)(F)F)(c1ccccc1)c1c(C)cccc1C. The smallest absolute Gasteiger partial charge is 0.200 e. The second-order valence-corrected chi connectivity index (χ2v) is 11.2. The van der Waals surface area contributed by atoms with Crippen molar-refractivity contribution in [2.45, 2.75) is 41.0 Å². The number of benzene rings is 3. The van der Waals surface area contributed by atoms with Crippen molar-refractivity contribution in [3.05, 3.63) is 89.5 Å². The summed E-state index contributed by atoms with van der Waals surface area (Å²) in [7, 11) is -9.19. The predicted octanol–water partition coefficient (Wildman–Crippen LogP) is 6.67. The molecule has 30 heavy (non-hydrogen) atoms. The molecule has 0 saturated heterocycles. The van der Waals surface area contributed by atoms with Crippen LogP contribution in [0.5, 0.6) is 0 Å². The normalized spacial score (nSPS) is 15.4. The molecular formula is C22H21F3O3S2. The molecule has 1 atom stereocenters. The monoisotopic (exact) mass is 454 g/mol. The van der Waals surface area contributed by atoms with Crippen LogP contribution in [0.4, 0.5) is 13.2 Å². The lowest BCUT2D eigenvalue weighted by Crippen LogP contribution is -2.28. The number of rotatable bonds is 5. The summed E-state index contributed by atoms with van der Waals surface area (Å²) >= 11 is 0. The van der Waals surface area contributed by atoms with Gasteiger partial charge in [-0.2, -0.15) is 25.2 Å². The first kappa shape index (κ1) is 22.4. The van der Waals surface area contributed by atoms with Gasteiger partial charge in [0.15, 0.2) is 0 Å². The second-order valence-electron chi connectivity index (χ2n) is 6.82. The highest BCUT2D eigenvalue weighted by atomic mass is 32.3. The second kappa shape index (κ2) is 8.09. The van der Waals surface area contributed by atoms with Crippen molar-refractivity contribution < 1.29 is 25.2 Å². The van der Waals surface area contributed by atoms with E-state index in [0.29, 0.717) is 31.4 Å². The fraction of sp³-hybridized carbons (Fsp3) is 0.182. The lowest BCUT2D eigenvalue weighted by molar-refractivity contribution is -0.0496. The maximum Gasteiger partial charge on any atom is 0.524 e. The largest absolute Gasteiger partial charge is 0.524 e. The van der Waals surface area contributed by atoms with E-state index in [4.69, 9.17) is 3.63 Å². The minimum Gasteiger partial charge on any atom is -0.200 e. The van der Waals surface area contributed by atoms with E-state index in [1.165, 1.54) is 0 Å². The number of alkyl halides is 3. The Morgan fingerprint density at radius 3 is 1.73 bits per heavy atom. The van der Waals surface area contributed by atoms with Gasteiger partial charge in [0.05, 0.1) is 0 Å². The molecule has 0 saturated carbocycles. The van der Waals surface area contributed by atoms with Crippen molar-refractivity contribution in [2.75, 3.05) is 0 Å². The number of hydrogen-bond donors (Lipinski definition) is 0. The third kappa shape index (κ3) is 3.87. The minimum atomic E-state index is -5.91. The van der Waals surface area contributed by atoms with Crippen LogP contribution in [0.1, 0.15) is 16.7 Å². The van der Waals surface area contributed by atoms with Gasteiger partial charge in [-0.15, -0.1) is 0 Å². The van der Waals surface area contributed by atoms with Gasteiger partial charge in [0.25, 0.3) is 0 Å². The molecule has 0 aliphatic carbocycles. The Kier molecular flexibility index (Phi) is 6.04. The first-order valence-electron chi connectivity index (χ1n) is 9.03. The molecule has 3 aromatic rings. The van der Waals surface area contributed by atoms with E-state index >= 15 is 0 Å². The van der Waals surface area contributed by atoms with Gasteiger partial charge in [0, 0.05) is 14.7 Å². The summed E-state index contributed by atoms with van der Waals surface area (Å²) in [6.07, 6.45) is 0. The molecule has 0 N–H and O–H groups in total. The van der Waals surface area contributed by atoms with Crippen molar-refractivity contribution in [3.63, 3.8) is 0 Å². The average molecular weight is 455 g/mol. The van der Waals surface area contributed by atoms with Crippen LogP contribution in [0.3, 0.4) is 0 Å². The summed E-state index contributed by atoms with van der Waals surface area (Å²) in [4.78, 5) is 1.21. The Morgan fingerprint density at radius 1 is 0.700 bits per heavy atom. The van der Waals surface area contributed by atoms with Crippen LogP contribution in [0.15, 0.2) is 87.5 Å². The highest BCUT2D eigenvalue weighted by Gasteiger charge is 2.53. The lowest BCUT2D eigenvalue weighted by atomic mass is 10.2. The standard InChI is InChI=1S/C22H21F3O3S2/c1-16-10-7-8-15-20(16)29(19-13-5-4-6-14-19,28-30(26,27)22(23,24)25)21-17(2)11-9-12-18(21)3/h4-15H,1-3H3. The van der Waals surface area contributed by atoms with Crippen LogP contribution in [-0.4, -0.2) is 13.9 Å². The molecule has 0 spiro atoms. The molecule has 3 aromatic carbocycles. The van der Waals surface area contributed by atoms with E-state index in [1.54, 1.807) is 93.6 Å². The average Bonchev–Trinajstić information content (AvgIpc) is 2.67. The maximum absolute atomic E-state index is 13.5. The summed E-state index contributed by atoms with van der Waals surface area (Å²) < 4.78 is 70.7. The molecule has 0 aliphatic rings. The third-order valence-corrected chi connectivity index (χ3v) is 9.98. The fourth-order valence-electron chi connectivity index (χ4n) is 3.38. The Bertz CT molecular complexity index is 1140. The van der Waals surface area contributed by atoms with Crippen LogP contribution < -0.4 is 0 Å². The van der Waals surface area contributed by atoms with E-state index in [9.17, 15) is 21.6 Å². The van der Waals surface area contributed by atoms with E-state index < -0.39 is 25.9 Å². The van der Waals surface area contributed by atoms with Crippen LogP contribution in [-0.2, 0) is 13.7 Å². The molecule has 0 radical (unpaired) electrons. The van der Waals surface area contributed by atoms with Crippen molar-refractivity contribution in [2.24, 2.45) is 0 Å². The molecule has 3 rings (SSSR count). The van der Waals surface area contributed by atoms with E-state index in [-0.39, 0.29) is 0 Å². The van der Waals surface area contributed by atoms with E-state index in [0.717, 1.165) is 0 Å². The van der Waals surface area contributed by atoms with E-state index in [1.807, 2.05) is 0 Å². The van der Waals surface area contributed by atoms with Gasteiger partial charge < -0.3 is 0 Å². The molecule has 8 heteroatoms. The van der Waals surface area contributed by atoms with Crippen LogP contribution in [0.25, 0.3) is 0 Å². The zero-order valence-electron chi connectivity index (χ0n) is 16.6. The van der Waals surface area contributed by atoms with E-state index in [2.05, 4.69) is 0 Å². The lowest BCUT2D eigenvalue weighted by Gasteiger charge is -2.42. The molecule has 1 unspecified atom stereocenters. The summed E-state index contributed by atoms with van der Waals surface area (Å²) in [5.41, 5.74) is -3.63. The van der Waals surface area contributed by atoms with Crippen molar-refractivity contribution in [3.8, 4) is 0 Å². The van der Waals surface area contributed by atoms with Gasteiger partial charge in [-0.05, 0) is 66.0 Å². The maximum atomic E-state index is 13.5. The zero-order chi connectivity index (χ0) is 22.2. The molecule has 0 aromatic heterocycles. The van der Waals surface area contributed by atoms with Crippen LogP contribution in [0.2, 0.25) is 0 Å². The quantitative estimate of drug-likeness (QED) is 0.404. The van der Waals surface area contributed by atoms with Gasteiger partial charge >= 0.3 is 15.6 Å². The van der Waals surface area contributed by atoms with Gasteiger partial charge in [0.2, 0.25) is 0 Å². The van der Waals surface area contributed by atoms with Gasteiger partial charge in [-0.25, -0.2) is 0 Å². The fourth-order valence-corrected chi connectivity index (χ4v) is 8.73. The van der Waals surface area contributed by atoms with Gasteiger partial charge in [-0.1, -0.05) is 54.6 Å². The highest BCUT2D eigenvalue weighted by Crippen LogP contribution is 2.72. The number of halogens is 3. The van der Waals surface area contributed by atoms with Crippen LogP contribution >= 0.6 is 10.3 Å². The predicted molar refractivity (Wildman–Crippen MR) is 112 cm³/mol. The summed E-state index contributed by atoms with van der Waals surface area (Å²) in [5.74, 6) is 0. The molecular weight excluding hydrogens is 433 g/mol. The molecule has 0 aliphatic heterocycles. The van der Waals surface area contributed by atoms with Crippen LogP contribution in [0, 0.1) is 20.8 Å². The molecule has 0 amide bonds. The Balaban J connectivity index is 2.53. The Labute approximate surface area is 176 Å². The van der Waals surface area contributed by atoms with Crippen molar-refractivity contribution >= 4 is 20.4 Å². The number of hydrogen-bond acceptors (Lipinski definition) is 3. The molecule has 0 bridgehead atoms. The molecule has 3 nitrogen and oxygen atoms in total. The number of aryl methyl sites for hydroxylation is 3. The van der Waals surface area contributed by atoms with Crippen molar-refractivity contribution in [1.29, 1.82) is 0 Å². The van der Waals surface area contributed by atoms with Gasteiger partial charge in [-0.3, -0.25) is 0 Å². The highest BCUT2D eigenvalue weighted by molar-refractivity contribution is 8.33. The first-order valence-corrected chi connectivity index (χ1v) is 12.0. The molecule has 0 heterocycles. The Morgan fingerprint density at radius 2 is 1.20 bits per heavy atom. The zero-order valence-corrected chi connectivity index (χ0v) is 18.2. The van der Waals surface area contributed by atoms with Crippen molar-refractivity contribution in [1.82, 2.24) is 0 Å². The van der Waals surface area contributed by atoms with Gasteiger partial charge in [0.1, 0.15) is 0 Å². The molecule has 160 valence electrons. The molecule has 0 fully saturated rings. The third-order valence-electron chi connectivity index (χ3n) is 4.65. The summed E-state index contributed by atoms with van der Waals surface area (Å²) in [6.45, 7) is 5.22. The minimum absolute atomic E-state index is 0.365. The topological polar surface area (TPSA) is 43.4 Å². The summed E-state index contributed by atoms with van der Waals surface area (Å²) in [6, 6.07) is 20.3. The Hall–Kier alpha value is -2.29. The first-order chi connectivity index (χ1) is 14.0.